The first kappa shape index (κ1) is 20.0. The minimum Gasteiger partial charge on any atom is -0.444 e. The lowest BCUT2D eigenvalue weighted by Crippen LogP contribution is -2.34. The Morgan fingerprint density at radius 1 is 1.21 bits per heavy atom. The van der Waals surface area contributed by atoms with Crippen molar-refractivity contribution in [2.24, 2.45) is 0 Å². The predicted octanol–water partition coefficient (Wildman–Crippen LogP) is 4.12. The summed E-state index contributed by atoms with van der Waals surface area (Å²) in [6.07, 6.45) is -5.66. The number of halogens is 5. The van der Waals surface area contributed by atoms with Gasteiger partial charge in [-0.1, -0.05) is 11.6 Å². The number of carbonyl (C=O) groups excluding carboxylic acids is 2. The summed E-state index contributed by atoms with van der Waals surface area (Å²) in [5, 5.41) is 3.17. The molecule has 0 saturated carbocycles. The lowest BCUT2D eigenvalue weighted by atomic mass is 10.1. The van der Waals surface area contributed by atoms with E-state index in [1.807, 2.05) is 0 Å². The number of hydrogen-bond acceptors (Lipinski definition) is 3. The van der Waals surface area contributed by atoms with Crippen LogP contribution in [0.2, 0.25) is 5.02 Å². The summed E-state index contributed by atoms with van der Waals surface area (Å²) in [5.41, 5.74) is -2.11. The van der Waals surface area contributed by atoms with Crippen LogP contribution in [-0.4, -0.2) is 30.3 Å². The molecule has 0 aromatic heterocycles. The van der Waals surface area contributed by atoms with Crippen LogP contribution in [-0.2, 0) is 4.74 Å². The van der Waals surface area contributed by atoms with Crippen molar-refractivity contribution in [2.75, 3.05) is 11.9 Å². The molecule has 0 atom stereocenters. The van der Waals surface area contributed by atoms with Gasteiger partial charge in [0.1, 0.15) is 12.1 Å². The molecule has 0 unspecified atom stereocenters. The van der Waals surface area contributed by atoms with Gasteiger partial charge in [-0.05, 0) is 32.9 Å². The van der Waals surface area contributed by atoms with Gasteiger partial charge < -0.3 is 10.1 Å². The molecule has 0 aliphatic carbocycles. The molecule has 2 amide bonds. The third-order valence-corrected chi connectivity index (χ3v) is 2.72. The number of carbonyl (C=O) groups is 2. The second kappa shape index (κ2) is 7.25. The molecule has 0 radical (unpaired) electrons. The Morgan fingerprint density at radius 2 is 1.79 bits per heavy atom. The summed E-state index contributed by atoms with van der Waals surface area (Å²) >= 11 is 5.66. The van der Waals surface area contributed by atoms with Crippen molar-refractivity contribution < 1.29 is 31.9 Å². The quantitative estimate of drug-likeness (QED) is 0.786. The number of amides is 2. The van der Waals surface area contributed by atoms with E-state index in [0.717, 1.165) is 12.1 Å². The molecule has 0 fully saturated rings. The number of nitrogens with one attached hydrogen (secondary N) is 2. The minimum atomic E-state index is -4.66. The highest BCUT2D eigenvalue weighted by Crippen LogP contribution is 2.26. The van der Waals surface area contributed by atoms with E-state index in [0.29, 0.717) is 0 Å². The molecule has 0 spiro atoms. The van der Waals surface area contributed by atoms with E-state index in [1.54, 1.807) is 20.8 Å². The molecule has 0 aliphatic rings. The van der Waals surface area contributed by atoms with Gasteiger partial charge in [-0.2, -0.15) is 13.2 Å². The fraction of sp³-hybridized carbons (Fsp3) is 0.429. The third kappa shape index (κ3) is 6.23. The van der Waals surface area contributed by atoms with E-state index in [9.17, 15) is 27.2 Å². The topological polar surface area (TPSA) is 67.4 Å². The molecular formula is C14H15ClF4N2O3. The van der Waals surface area contributed by atoms with Crippen molar-refractivity contribution in [3.05, 3.63) is 28.5 Å². The first-order chi connectivity index (χ1) is 10.8. The third-order valence-electron chi connectivity index (χ3n) is 2.40. The second-order valence-corrected chi connectivity index (χ2v) is 6.12. The maximum absolute atomic E-state index is 14.3. The van der Waals surface area contributed by atoms with E-state index < -0.39 is 52.4 Å². The van der Waals surface area contributed by atoms with E-state index in [4.69, 9.17) is 16.3 Å². The minimum absolute atomic E-state index is 0.401. The lowest BCUT2D eigenvalue weighted by molar-refractivity contribution is -0.123. The summed E-state index contributed by atoms with van der Waals surface area (Å²) in [6.45, 7) is 3.10. The number of rotatable bonds is 3. The van der Waals surface area contributed by atoms with Crippen LogP contribution in [0.15, 0.2) is 12.1 Å². The van der Waals surface area contributed by atoms with E-state index in [2.05, 4.69) is 5.32 Å². The Bertz CT molecular complexity index is 642. The van der Waals surface area contributed by atoms with Crippen molar-refractivity contribution in [2.45, 2.75) is 32.5 Å². The Labute approximate surface area is 140 Å². The van der Waals surface area contributed by atoms with Crippen molar-refractivity contribution in [3.63, 3.8) is 0 Å². The number of alkyl halides is 3. The van der Waals surface area contributed by atoms with Gasteiger partial charge >= 0.3 is 12.3 Å². The average molecular weight is 371 g/mol. The van der Waals surface area contributed by atoms with E-state index in [1.165, 1.54) is 5.32 Å². The van der Waals surface area contributed by atoms with Gasteiger partial charge in [0, 0.05) is 0 Å². The highest BCUT2D eigenvalue weighted by molar-refractivity contribution is 6.34. The summed E-state index contributed by atoms with van der Waals surface area (Å²) in [7, 11) is 0. The smallest absolute Gasteiger partial charge is 0.412 e. The van der Waals surface area contributed by atoms with Crippen LogP contribution in [0.4, 0.5) is 28.0 Å². The van der Waals surface area contributed by atoms with Crippen molar-refractivity contribution >= 4 is 29.3 Å². The highest BCUT2D eigenvalue weighted by Gasteiger charge is 2.29. The van der Waals surface area contributed by atoms with E-state index in [-0.39, 0.29) is 0 Å². The molecule has 10 heteroatoms. The number of hydrogen-bond donors (Lipinski definition) is 2. The fourth-order valence-electron chi connectivity index (χ4n) is 1.54. The van der Waals surface area contributed by atoms with Gasteiger partial charge in [-0.3, -0.25) is 10.1 Å². The van der Waals surface area contributed by atoms with Crippen LogP contribution < -0.4 is 10.6 Å². The first-order valence-corrected chi connectivity index (χ1v) is 7.01. The Balaban J connectivity index is 2.99. The summed E-state index contributed by atoms with van der Waals surface area (Å²) in [5.74, 6) is -2.63. The molecule has 2 N–H and O–H groups in total. The zero-order chi connectivity index (χ0) is 18.7. The zero-order valence-corrected chi connectivity index (χ0v) is 13.7. The normalized spacial score (nSPS) is 11.8. The average Bonchev–Trinajstić information content (AvgIpc) is 2.37. The largest absolute Gasteiger partial charge is 0.444 e. The molecule has 0 heterocycles. The Hall–Kier alpha value is -2.03. The fourth-order valence-corrected chi connectivity index (χ4v) is 1.77. The molecule has 1 aromatic carbocycles. The van der Waals surface area contributed by atoms with Gasteiger partial charge in [0.2, 0.25) is 0 Å². The maximum Gasteiger partial charge on any atom is 0.412 e. The van der Waals surface area contributed by atoms with Crippen LogP contribution in [0.5, 0.6) is 0 Å². The monoisotopic (exact) mass is 370 g/mol. The molecular weight excluding hydrogens is 356 g/mol. The Kier molecular flexibility index (Phi) is 6.04. The standard InChI is InChI=1S/C14H15ClF4N2O3/c1-13(2,3)24-12(23)21-8-5-4-7(15)9(10(8)16)11(22)20-6-14(17,18)19/h4-5H,6H2,1-3H3,(H,20,22)(H,21,23). The maximum atomic E-state index is 14.3. The highest BCUT2D eigenvalue weighted by atomic mass is 35.5. The van der Waals surface area contributed by atoms with E-state index >= 15 is 0 Å². The van der Waals surface area contributed by atoms with Crippen molar-refractivity contribution in [1.29, 1.82) is 0 Å². The number of ether oxygens (including phenoxy) is 1. The van der Waals surface area contributed by atoms with Gasteiger partial charge in [0.15, 0.2) is 5.82 Å². The van der Waals surface area contributed by atoms with Crippen LogP contribution in [0.1, 0.15) is 31.1 Å². The number of benzene rings is 1. The second-order valence-electron chi connectivity index (χ2n) is 5.71. The molecule has 0 bridgehead atoms. The molecule has 1 rings (SSSR count). The molecule has 24 heavy (non-hydrogen) atoms. The molecule has 0 aliphatic heterocycles. The van der Waals surface area contributed by atoms with Crippen LogP contribution in [0.25, 0.3) is 0 Å². The number of anilines is 1. The van der Waals surface area contributed by atoms with Crippen LogP contribution >= 0.6 is 11.6 Å². The van der Waals surface area contributed by atoms with Crippen molar-refractivity contribution in [3.8, 4) is 0 Å². The van der Waals surface area contributed by atoms with Crippen LogP contribution in [0, 0.1) is 5.82 Å². The van der Waals surface area contributed by atoms with Gasteiger partial charge in [0.05, 0.1) is 16.3 Å². The van der Waals surface area contributed by atoms with Gasteiger partial charge in [0.25, 0.3) is 5.91 Å². The predicted molar refractivity (Wildman–Crippen MR) is 79.7 cm³/mol. The first-order valence-electron chi connectivity index (χ1n) is 6.63. The molecule has 0 saturated heterocycles. The summed E-state index contributed by atoms with van der Waals surface area (Å²) in [4.78, 5) is 23.3. The summed E-state index contributed by atoms with van der Waals surface area (Å²) < 4.78 is 55.6. The zero-order valence-electron chi connectivity index (χ0n) is 13.0. The SMILES string of the molecule is CC(C)(C)OC(=O)Nc1ccc(Cl)c(C(=O)NCC(F)(F)F)c1F. The van der Waals surface area contributed by atoms with Gasteiger partial charge in [-0.15, -0.1) is 0 Å². The lowest BCUT2D eigenvalue weighted by Gasteiger charge is -2.20. The molecule has 134 valence electrons. The molecule has 5 nitrogen and oxygen atoms in total. The molecule has 1 aromatic rings. The van der Waals surface area contributed by atoms with Crippen molar-refractivity contribution in [1.82, 2.24) is 5.32 Å². The Morgan fingerprint density at radius 3 is 2.29 bits per heavy atom. The van der Waals surface area contributed by atoms with Crippen LogP contribution in [0.3, 0.4) is 0 Å². The summed E-state index contributed by atoms with van der Waals surface area (Å²) in [6, 6.07) is 2.13. The van der Waals surface area contributed by atoms with Gasteiger partial charge in [-0.25, -0.2) is 9.18 Å².